The van der Waals surface area contributed by atoms with Crippen molar-refractivity contribution >= 4 is 16.8 Å². The van der Waals surface area contributed by atoms with Crippen LogP contribution in [0.2, 0.25) is 0 Å². The van der Waals surface area contributed by atoms with Gasteiger partial charge in [0.25, 0.3) is 11.7 Å². The van der Waals surface area contributed by atoms with E-state index in [2.05, 4.69) is 0 Å². The minimum absolute atomic E-state index is 0.458. The lowest BCUT2D eigenvalue weighted by atomic mass is 10.1. The predicted octanol–water partition coefficient (Wildman–Crippen LogP) is 1.69. The molecule has 13 heavy (non-hydrogen) atoms. The lowest BCUT2D eigenvalue weighted by Crippen LogP contribution is -2.10. The first-order chi connectivity index (χ1) is 6.02. The standard InChI is InChI=1S/C7H4ClF2NO2/c8-6(13)3-1-5(12)11-2-4(3)7(9)10/h1-2,7H,(H,11,12). The molecule has 1 rings (SSSR count). The molecule has 6 heteroatoms. The van der Waals surface area contributed by atoms with Gasteiger partial charge in [0.1, 0.15) is 0 Å². The molecular formula is C7H4ClF2NO2. The van der Waals surface area contributed by atoms with Crippen molar-refractivity contribution in [2.75, 3.05) is 0 Å². The van der Waals surface area contributed by atoms with E-state index in [0.29, 0.717) is 0 Å². The first-order valence-corrected chi connectivity index (χ1v) is 3.61. The summed E-state index contributed by atoms with van der Waals surface area (Å²) in [6.45, 7) is 0. The Bertz CT molecular complexity index is 388. The van der Waals surface area contributed by atoms with E-state index in [1.165, 1.54) is 0 Å². The molecule has 0 radical (unpaired) electrons. The quantitative estimate of drug-likeness (QED) is 0.751. The van der Waals surface area contributed by atoms with Gasteiger partial charge >= 0.3 is 0 Å². The molecule has 0 unspecified atom stereocenters. The van der Waals surface area contributed by atoms with Gasteiger partial charge < -0.3 is 4.98 Å². The third-order valence-electron chi connectivity index (χ3n) is 1.40. The molecular weight excluding hydrogens is 204 g/mol. The van der Waals surface area contributed by atoms with E-state index >= 15 is 0 Å². The zero-order chi connectivity index (χ0) is 10.0. The monoisotopic (exact) mass is 207 g/mol. The predicted molar refractivity (Wildman–Crippen MR) is 42.2 cm³/mol. The van der Waals surface area contributed by atoms with E-state index in [0.717, 1.165) is 12.3 Å². The summed E-state index contributed by atoms with van der Waals surface area (Å²) in [4.78, 5) is 23.3. The molecule has 0 aliphatic rings. The molecule has 0 aliphatic carbocycles. The van der Waals surface area contributed by atoms with Gasteiger partial charge in [0.2, 0.25) is 5.56 Å². The molecule has 0 spiro atoms. The summed E-state index contributed by atoms with van der Waals surface area (Å²) in [5.74, 6) is 0. The number of H-pyrrole nitrogens is 1. The maximum Gasteiger partial charge on any atom is 0.266 e. The van der Waals surface area contributed by atoms with Crippen LogP contribution >= 0.6 is 11.6 Å². The fraction of sp³-hybridized carbons (Fsp3) is 0.143. The number of aromatic nitrogens is 1. The fourth-order valence-electron chi connectivity index (χ4n) is 0.833. The van der Waals surface area contributed by atoms with Crippen molar-refractivity contribution < 1.29 is 13.6 Å². The lowest BCUT2D eigenvalue weighted by Gasteiger charge is -2.02. The molecule has 1 aromatic rings. The van der Waals surface area contributed by atoms with Gasteiger partial charge in [-0.15, -0.1) is 0 Å². The Morgan fingerprint density at radius 2 is 2.15 bits per heavy atom. The first-order valence-electron chi connectivity index (χ1n) is 3.23. The van der Waals surface area contributed by atoms with Crippen molar-refractivity contribution in [3.05, 3.63) is 33.7 Å². The number of alkyl halides is 2. The molecule has 0 saturated carbocycles. The second-order valence-corrected chi connectivity index (χ2v) is 2.58. The SMILES string of the molecule is O=C(Cl)c1cc(=O)[nH]cc1C(F)F. The number of carbonyl (C=O) groups is 1. The summed E-state index contributed by atoms with van der Waals surface area (Å²) in [6, 6.07) is 0.747. The molecule has 3 nitrogen and oxygen atoms in total. The number of halogens is 3. The number of carbonyl (C=O) groups excluding carboxylic acids is 1. The molecule has 0 fully saturated rings. The second kappa shape index (κ2) is 3.66. The van der Waals surface area contributed by atoms with Crippen LogP contribution in [0.15, 0.2) is 17.1 Å². The van der Waals surface area contributed by atoms with Crippen molar-refractivity contribution in [3.8, 4) is 0 Å². The Hall–Kier alpha value is -1.23. The highest BCUT2D eigenvalue weighted by Gasteiger charge is 2.17. The summed E-state index contributed by atoms with van der Waals surface area (Å²) >= 11 is 5.00. The molecule has 0 saturated heterocycles. The maximum atomic E-state index is 12.2. The Morgan fingerprint density at radius 3 is 2.62 bits per heavy atom. The van der Waals surface area contributed by atoms with Crippen molar-refractivity contribution in [2.45, 2.75) is 6.43 Å². The number of hydrogen-bond donors (Lipinski definition) is 1. The highest BCUT2D eigenvalue weighted by Crippen LogP contribution is 2.21. The van der Waals surface area contributed by atoms with E-state index in [1.807, 2.05) is 4.98 Å². The average molecular weight is 208 g/mol. The Kier molecular flexibility index (Phi) is 2.77. The molecule has 0 aromatic carbocycles. The number of rotatable bonds is 2. The van der Waals surface area contributed by atoms with E-state index < -0.39 is 28.4 Å². The molecule has 1 N–H and O–H groups in total. The molecule has 0 bridgehead atoms. The second-order valence-electron chi connectivity index (χ2n) is 2.24. The molecule has 0 aliphatic heterocycles. The normalized spacial score (nSPS) is 10.5. The van der Waals surface area contributed by atoms with Crippen molar-refractivity contribution in [3.63, 3.8) is 0 Å². The first kappa shape index (κ1) is 9.85. The summed E-state index contributed by atoms with van der Waals surface area (Å²) in [5.41, 5.74) is -1.67. The zero-order valence-electron chi connectivity index (χ0n) is 6.18. The summed E-state index contributed by atoms with van der Waals surface area (Å²) in [7, 11) is 0. The van der Waals surface area contributed by atoms with Crippen LogP contribution in [0.5, 0.6) is 0 Å². The van der Waals surface area contributed by atoms with Gasteiger partial charge in [-0.2, -0.15) is 0 Å². The molecule has 0 amide bonds. The Balaban J connectivity index is 3.35. The largest absolute Gasteiger partial charge is 0.329 e. The van der Waals surface area contributed by atoms with Crippen molar-refractivity contribution in [1.82, 2.24) is 4.98 Å². The summed E-state index contributed by atoms with van der Waals surface area (Å²) in [5, 5.41) is -1.07. The third kappa shape index (κ3) is 2.12. The van der Waals surface area contributed by atoms with Gasteiger partial charge in [-0.3, -0.25) is 9.59 Å². The Labute approximate surface area is 76.3 Å². The van der Waals surface area contributed by atoms with E-state index in [1.54, 1.807) is 0 Å². The van der Waals surface area contributed by atoms with Crippen LogP contribution in [-0.2, 0) is 0 Å². The number of nitrogens with one attached hydrogen (secondary N) is 1. The van der Waals surface area contributed by atoms with E-state index in [4.69, 9.17) is 11.6 Å². The van der Waals surface area contributed by atoms with Gasteiger partial charge in [-0.25, -0.2) is 8.78 Å². The van der Waals surface area contributed by atoms with Gasteiger partial charge in [0.15, 0.2) is 0 Å². The zero-order valence-corrected chi connectivity index (χ0v) is 6.94. The highest BCUT2D eigenvalue weighted by atomic mass is 35.5. The lowest BCUT2D eigenvalue weighted by molar-refractivity contribution is 0.106. The smallest absolute Gasteiger partial charge is 0.266 e. The van der Waals surface area contributed by atoms with Crippen LogP contribution in [0, 0.1) is 0 Å². The Morgan fingerprint density at radius 1 is 1.54 bits per heavy atom. The average Bonchev–Trinajstić information content (AvgIpc) is 2.03. The molecule has 70 valence electrons. The van der Waals surface area contributed by atoms with Crippen molar-refractivity contribution in [1.29, 1.82) is 0 Å². The van der Waals surface area contributed by atoms with Crippen LogP contribution in [0.1, 0.15) is 22.3 Å². The molecule has 1 heterocycles. The minimum Gasteiger partial charge on any atom is -0.329 e. The number of pyridine rings is 1. The van der Waals surface area contributed by atoms with Crippen LogP contribution in [-0.4, -0.2) is 10.2 Å². The minimum atomic E-state index is -2.84. The fourth-order valence-corrected chi connectivity index (χ4v) is 0.997. The number of aromatic amines is 1. The van der Waals surface area contributed by atoms with Gasteiger partial charge in [-0.05, 0) is 11.6 Å². The van der Waals surface area contributed by atoms with E-state index in [-0.39, 0.29) is 0 Å². The summed E-state index contributed by atoms with van der Waals surface area (Å²) < 4.78 is 24.4. The maximum absolute atomic E-state index is 12.2. The van der Waals surface area contributed by atoms with Gasteiger partial charge in [-0.1, -0.05) is 0 Å². The summed E-state index contributed by atoms with van der Waals surface area (Å²) in [6.07, 6.45) is -2.06. The number of hydrogen-bond acceptors (Lipinski definition) is 2. The topological polar surface area (TPSA) is 49.9 Å². The van der Waals surface area contributed by atoms with E-state index in [9.17, 15) is 18.4 Å². The van der Waals surface area contributed by atoms with Gasteiger partial charge in [0.05, 0.1) is 0 Å². The highest BCUT2D eigenvalue weighted by molar-refractivity contribution is 6.67. The van der Waals surface area contributed by atoms with Crippen LogP contribution in [0.4, 0.5) is 8.78 Å². The van der Waals surface area contributed by atoms with Crippen molar-refractivity contribution in [2.24, 2.45) is 0 Å². The van der Waals surface area contributed by atoms with Crippen LogP contribution in [0.3, 0.4) is 0 Å². The van der Waals surface area contributed by atoms with Crippen LogP contribution in [0.25, 0.3) is 0 Å². The third-order valence-corrected chi connectivity index (χ3v) is 1.61. The molecule has 1 aromatic heterocycles. The van der Waals surface area contributed by atoms with Crippen LogP contribution < -0.4 is 5.56 Å². The van der Waals surface area contributed by atoms with Gasteiger partial charge in [0, 0.05) is 23.4 Å². The molecule has 0 atom stereocenters.